The maximum atomic E-state index is 11.8. The number of aliphatic hydroxyl groups is 1. The summed E-state index contributed by atoms with van der Waals surface area (Å²) in [6.07, 6.45) is -0.112. The summed E-state index contributed by atoms with van der Waals surface area (Å²) in [5.74, 6) is 0.00470. The monoisotopic (exact) mass is 576 g/mol. The first-order valence-corrected chi connectivity index (χ1v) is 13.8. The number of nitrogens with zero attached hydrogens (tertiary/aromatic N) is 4. The van der Waals surface area contributed by atoms with E-state index in [2.05, 4.69) is 21.7 Å². The zero-order valence-electron chi connectivity index (χ0n) is 24.6. The third-order valence-electron chi connectivity index (χ3n) is 5.73. The van der Waals surface area contributed by atoms with Gasteiger partial charge in [-0.1, -0.05) is 6.58 Å². The van der Waals surface area contributed by atoms with Gasteiger partial charge in [0, 0.05) is 45.9 Å². The average Bonchev–Trinajstić information content (AvgIpc) is 3.24. The lowest BCUT2D eigenvalue weighted by atomic mass is 10.1. The second-order valence-corrected chi connectivity index (χ2v) is 10.7. The smallest absolute Gasteiger partial charge is 0.260 e. The summed E-state index contributed by atoms with van der Waals surface area (Å²) in [6.45, 7) is 14.0. The number of nitriles is 1. The molecule has 2 unspecified atom stereocenters. The fraction of sp³-hybridized carbons (Fsp3) is 0.708. The number of nitrogens with one attached hydrogen (secondary N) is 1. The molecule has 0 aromatic carbocycles. The van der Waals surface area contributed by atoms with Gasteiger partial charge >= 0.3 is 0 Å². The maximum absolute atomic E-state index is 11.8. The largest absolute Gasteiger partial charge is 0.460 e. The fourth-order valence-corrected chi connectivity index (χ4v) is 6.14. The fourth-order valence-electron chi connectivity index (χ4n) is 4.16. The zero-order valence-corrected chi connectivity index (χ0v) is 24.3. The highest BCUT2D eigenvalue weighted by molar-refractivity contribution is 7.80. The Morgan fingerprint density at radius 1 is 1.45 bits per heavy atom. The molecule has 0 aliphatic carbocycles. The number of carbonyl (C=O) groups excluding carboxylic acids is 1. The van der Waals surface area contributed by atoms with E-state index in [1.54, 1.807) is 11.1 Å². The molecule has 1 amide bonds. The average molecular weight is 577 g/mol. The molecular formula is C24H40N5O7PS. The van der Waals surface area contributed by atoms with E-state index in [0.29, 0.717) is 32.1 Å². The number of thiocarbonyl (C=S) groups is 1. The first-order valence-electron chi connectivity index (χ1n) is 13.4. The normalized spacial score (nSPS) is 26.9. The lowest BCUT2D eigenvalue weighted by Gasteiger charge is -2.39. The van der Waals surface area contributed by atoms with Gasteiger partial charge in [0.1, 0.15) is 18.5 Å². The van der Waals surface area contributed by atoms with Crippen LogP contribution in [0.5, 0.6) is 0 Å². The van der Waals surface area contributed by atoms with E-state index < -0.39 is 33.1 Å². The van der Waals surface area contributed by atoms with Crippen LogP contribution in [0.4, 0.5) is 0 Å². The molecule has 0 aromatic rings. The molecule has 0 spiro atoms. The molecule has 5 atom stereocenters. The number of morpholine rings is 1. The van der Waals surface area contributed by atoms with E-state index in [9.17, 15) is 10.1 Å². The summed E-state index contributed by atoms with van der Waals surface area (Å²) in [5.41, 5.74) is 0. The Hall–Kier alpha value is -1.88. The molecule has 0 saturated carbocycles. The third kappa shape index (κ3) is 8.31. The molecule has 3 aliphatic rings. The van der Waals surface area contributed by atoms with Gasteiger partial charge in [-0.05, 0) is 46.8 Å². The Bertz CT molecular complexity index is 915. The standard InChI is InChI=1S/C23H36N5O6PS.CH4O/c1-15(2)28(16(3)4)35(31-12-8-24)34-20-17(5)32-22(27-9-7-19(29)25-18(27)6)21(20)33-23(36)26-10-13-30-14-11-26;1-2/h7,9,15-17,20-22H,6,10-14H2,1-5H3,(H,25,29);2H,1H3/t17-,20+,21+,22?,35?;/m1./s1/i5D;2T. The topological polar surface area (TPSA) is 129 Å². The van der Waals surface area contributed by atoms with E-state index in [1.165, 1.54) is 13.2 Å². The molecular weight excluding hydrogens is 533 g/mol. The zero-order chi connectivity index (χ0) is 29.8. The summed E-state index contributed by atoms with van der Waals surface area (Å²) in [4.78, 5) is 15.4. The van der Waals surface area contributed by atoms with Crippen molar-refractivity contribution in [3.63, 3.8) is 0 Å². The number of hydrogen-bond donors (Lipinski definition) is 2. The summed E-state index contributed by atoms with van der Waals surface area (Å²) in [7, 11) is -0.420. The number of rotatable bonds is 9. The summed E-state index contributed by atoms with van der Waals surface area (Å²) in [6, 6.07) is 2.14. The second kappa shape index (κ2) is 15.6. The molecule has 2 N–H and O–H groups in total. The van der Waals surface area contributed by atoms with Gasteiger partial charge in [-0.15, -0.1) is 0 Å². The predicted molar refractivity (Wildman–Crippen MR) is 146 cm³/mol. The third-order valence-corrected chi connectivity index (χ3v) is 8.16. The van der Waals surface area contributed by atoms with Gasteiger partial charge in [-0.3, -0.25) is 4.79 Å². The van der Waals surface area contributed by atoms with Crippen LogP contribution in [0.1, 0.15) is 36.0 Å². The first kappa shape index (κ1) is 29.1. The van der Waals surface area contributed by atoms with Crippen molar-refractivity contribution in [1.82, 2.24) is 19.8 Å². The Morgan fingerprint density at radius 3 is 2.66 bits per heavy atom. The molecule has 0 aromatic heterocycles. The Labute approximate surface area is 234 Å². The van der Waals surface area contributed by atoms with E-state index in [1.807, 2.05) is 38.7 Å². The molecule has 2 fully saturated rings. The van der Waals surface area contributed by atoms with Crippen molar-refractivity contribution in [2.75, 3.05) is 40.0 Å². The first-order chi connectivity index (χ1) is 19.1. The molecule has 38 heavy (non-hydrogen) atoms. The molecule has 12 nitrogen and oxygen atoms in total. The van der Waals surface area contributed by atoms with Gasteiger partial charge in [0.05, 0.1) is 25.4 Å². The van der Waals surface area contributed by atoms with Crippen LogP contribution in [0.25, 0.3) is 0 Å². The van der Waals surface area contributed by atoms with Crippen LogP contribution in [0.15, 0.2) is 24.7 Å². The number of hydrogen-bond acceptors (Lipinski definition) is 11. The molecule has 14 heteroatoms. The molecule has 0 radical (unpaired) electrons. The van der Waals surface area contributed by atoms with Crippen molar-refractivity contribution in [3.8, 4) is 6.07 Å². The van der Waals surface area contributed by atoms with Crippen molar-refractivity contribution in [3.05, 3.63) is 24.7 Å². The molecule has 0 bridgehead atoms. The lowest BCUT2D eigenvalue weighted by molar-refractivity contribution is -0.118. The van der Waals surface area contributed by atoms with E-state index in [4.69, 9.17) is 38.3 Å². The summed E-state index contributed by atoms with van der Waals surface area (Å²) in [5, 5.41) is 15.6. The van der Waals surface area contributed by atoms with Gasteiger partial charge in [0.2, 0.25) is 1.43 Å². The minimum atomic E-state index is -1.71. The van der Waals surface area contributed by atoms with Crippen LogP contribution < -0.4 is 5.32 Å². The number of aliphatic hydroxyl groups excluding tert-OH is 1. The van der Waals surface area contributed by atoms with Gasteiger partial charge in [0.15, 0.2) is 12.3 Å². The highest BCUT2D eigenvalue weighted by Crippen LogP contribution is 2.49. The molecule has 3 heterocycles. The van der Waals surface area contributed by atoms with Crippen molar-refractivity contribution < 1.29 is 34.5 Å². The van der Waals surface area contributed by atoms with Gasteiger partial charge in [-0.25, -0.2) is 4.67 Å². The molecule has 2 saturated heterocycles. The second-order valence-electron chi connectivity index (χ2n) is 8.98. The quantitative estimate of drug-likeness (QED) is 0.308. The van der Waals surface area contributed by atoms with Crippen LogP contribution in [0, 0.1) is 11.3 Å². The predicted octanol–water partition coefficient (Wildman–Crippen LogP) is 2.03. The Morgan fingerprint density at radius 2 is 2.11 bits per heavy atom. The minimum absolute atomic E-state index is 0.0613. The van der Waals surface area contributed by atoms with Crippen LogP contribution in [-0.2, 0) is 28.1 Å². The van der Waals surface area contributed by atoms with Crippen molar-refractivity contribution in [2.45, 2.75) is 71.2 Å². The number of amides is 1. The maximum Gasteiger partial charge on any atom is 0.260 e. The van der Waals surface area contributed by atoms with Gasteiger partial charge in [-0.2, -0.15) is 5.26 Å². The van der Waals surface area contributed by atoms with Crippen molar-refractivity contribution in [1.29, 1.82) is 6.69 Å². The van der Waals surface area contributed by atoms with Crippen LogP contribution in [-0.4, -0.2) is 109 Å². The van der Waals surface area contributed by atoms with Crippen LogP contribution in [0.3, 0.4) is 0 Å². The van der Waals surface area contributed by atoms with E-state index >= 15 is 0 Å². The van der Waals surface area contributed by atoms with Gasteiger partial charge < -0.3 is 43.5 Å². The highest BCUT2D eigenvalue weighted by atomic mass is 32.1. The summed E-state index contributed by atoms with van der Waals surface area (Å²) < 4.78 is 46.5. The minimum Gasteiger partial charge on any atom is -0.460 e. The number of ether oxygens (including phenoxy) is 3. The SMILES string of the molecule is [2H]C[C@H]1OC(N2C=CC(=O)NC2=C)[C@@H](OC(=S)N2CCOCC2)[C@H]1OP(OCC#N)N(C(C)C)C(C)C.[3H]OC. The highest BCUT2D eigenvalue weighted by Gasteiger charge is 2.51. The van der Waals surface area contributed by atoms with E-state index in [0.717, 1.165) is 0 Å². The van der Waals surface area contributed by atoms with E-state index in [-0.39, 0.29) is 36.7 Å². The summed E-state index contributed by atoms with van der Waals surface area (Å²) >= 11 is 5.64. The molecule has 3 rings (SSSR count). The Balaban J connectivity index is 0.00000178. The van der Waals surface area contributed by atoms with Crippen LogP contribution >= 0.6 is 20.7 Å². The van der Waals surface area contributed by atoms with Gasteiger partial charge in [0.25, 0.3) is 19.6 Å². The Kier molecular flexibility index (Phi) is 12.0. The number of carbonyl (C=O) groups is 1. The van der Waals surface area contributed by atoms with Crippen molar-refractivity contribution >= 4 is 31.8 Å². The van der Waals surface area contributed by atoms with Crippen molar-refractivity contribution in [2.24, 2.45) is 0 Å². The molecule has 214 valence electrons. The lowest BCUT2D eigenvalue weighted by Crippen LogP contribution is -2.51. The molecule has 3 aliphatic heterocycles. The van der Waals surface area contributed by atoms with Crippen LogP contribution in [0.2, 0.25) is 0 Å².